The summed E-state index contributed by atoms with van der Waals surface area (Å²) in [6.45, 7) is 1.89. The first kappa shape index (κ1) is 14.6. The fraction of sp³-hybridized carbons (Fsp3) is 0.125. The molecule has 2 aromatic carbocycles. The Morgan fingerprint density at radius 1 is 1.14 bits per heavy atom. The van der Waals surface area contributed by atoms with Crippen LogP contribution in [0, 0.1) is 12.7 Å². The van der Waals surface area contributed by atoms with Gasteiger partial charge in [0.2, 0.25) is 0 Å². The molecule has 2 aromatic rings. The Balaban J connectivity index is 1.84. The van der Waals surface area contributed by atoms with E-state index in [1.165, 1.54) is 12.1 Å². The number of carbonyl (C=O) groups excluding carboxylic acids is 2. The average molecular weight is 316 g/mol. The van der Waals surface area contributed by atoms with Crippen molar-refractivity contribution < 1.29 is 14.0 Å². The largest absolute Gasteiger partial charge is 0.363 e. The highest BCUT2D eigenvalue weighted by Crippen LogP contribution is 2.33. The molecule has 1 saturated heterocycles. The number of thioether (sulfide) groups is 1. The molecule has 2 amide bonds. The number of aryl methyl sites for hydroxylation is 1. The van der Waals surface area contributed by atoms with Crippen LogP contribution in [0.5, 0.6) is 0 Å². The summed E-state index contributed by atoms with van der Waals surface area (Å²) < 4.78 is 13.7. The molecule has 0 saturated carbocycles. The Labute approximate surface area is 131 Å². The molecule has 112 valence electrons. The number of benzene rings is 2. The van der Waals surface area contributed by atoms with E-state index in [0.717, 1.165) is 22.2 Å². The van der Waals surface area contributed by atoms with E-state index in [1.807, 2.05) is 13.0 Å². The van der Waals surface area contributed by atoms with Crippen molar-refractivity contribution in [1.29, 1.82) is 0 Å². The van der Waals surface area contributed by atoms with Crippen LogP contribution in [-0.4, -0.2) is 16.5 Å². The minimum absolute atomic E-state index is 0.201. The zero-order valence-electron chi connectivity index (χ0n) is 11.7. The predicted molar refractivity (Wildman–Crippen MR) is 85.5 cm³/mol. The summed E-state index contributed by atoms with van der Waals surface area (Å²) in [5.74, 6) is -0.860. The van der Waals surface area contributed by atoms with Gasteiger partial charge in [-0.1, -0.05) is 24.3 Å². The molecule has 0 aromatic heterocycles. The van der Waals surface area contributed by atoms with E-state index in [-0.39, 0.29) is 10.9 Å². The zero-order valence-corrected chi connectivity index (χ0v) is 12.6. The van der Waals surface area contributed by atoms with Crippen LogP contribution in [0.4, 0.5) is 20.6 Å². The minimum Gasteiger partial charge on any atom is -0.363 e. The number of nitrogens with one attached hydrogen (secondary N) is 1. The van der Waals surface area contributed by atoms with Gasteiger partial charge in [0.1, 0.15) is 5.82 Å². The van der Waals surface area contributed by atoms with Crippen LogP contribution >= 0.6 is 11.8 Å². The second-order valence-electron chi connectivity index (χ2n) is 4.90. The van der Waals surface area contributed by atoms with Gasteiger partial charge in [-0.25, -0.2) is 9.29 Å². The second-order valence-corrected chi connectivity index (χ2v) is 5.96. The lowest BCUT2D eigenvalue weighted by atomic mass is 10.2. The maximum Gasteiger partial charge on any atom is 0.295 e. The van der Waals surface area contributed by atoms with Crippen molar-refractivity contribution >= 4 is 34.3 Å². The molecule has 1 heterocycles. The SMILES string of the molecule is Cc1cccc(N2C(=O)SC(Nc3ccccc3F)C2=O)c1. The van der Waals surface area contributed by atoms with Gasteiger partial charge in [-0.05, 0) is 48.5 Å². The van der Waals surface area contributed by atoms with Gasteiger partial charge < -0.3 is 5.32 Å². The maximum absolute atomic E-state index is 13.7. The number of rotatable bonds is 3. The fourth-order valence-electron chi connectivity index (χ4n) is 2.22. The monoisotopic (exact) mass is 316 g/mol. The number of amides is 2. The highest BCUT2D eigenvalue weighted by atomic mass is 32.2. The van der Waals surface area contributed by atoms with Gasteiger partial charge in [-0.3, -0.25) is 9.59 Å². The van der Waals surface area contributed by atoms with E-state index in [0.29, 0.717) is 5.69 Å². The molecule has 1 fully saturated rings. The molecule has 0 bridgehead atoms. The van der Waals surface area contributed by atoms with Gasteiger partial charge in [-0.2, -0.15) is 0 Å². The van der Waals surface area contributed by atoms with Gasteiger partial charge in [0.15, 0.2) is 5.37 Å². The molecular formula is C16H13FN2O2S. The van der Waals surface area contributed by atoms with Crippen molar-refractivity contribution in [3.63, 3.8) is 0 Å². The number of hydrogen-bond donors (Lipinski definition) is 1. The molecule has 3 rings (SSSR count). The van der Waals surface area contributed by atoms with Crippen LogP contribution in [0.2, 0.25) is 0 Å². The Morgan fingerprint density at radius 3 is 2.64 bits per heavy atom. The standard InChI is InChI=1S/C16H13FN2O2S/c1-10-5-4-6-11(9-10)19-15(20)14(22-16(19)21)18-13-8-3-2-7-12(13)17/h2-9,14,18H,1H3. The third-order valence-electron chi connectivity index (χ3n) is 3.27. The lowest BCUT2D eigenvalue weighted by Crippen LogP contribution is -2.34. The zero-order chi connectivity index (χ0) is 15.7. The quantitative estimate of drug-likeness (QED) is 0.936. The Bertz CT molecular complexity index is 750. The molecule has 0 aliphatic carbocycles. The van der Waals surface area contributed by atoms with Crippen LogP contribution in [-0.2, 0) is 4.79 Å². The van der Waals surface area contributed by atoms with Crippen LogP contribution in [0.25, 0.3) is 0 Å². The topological polar surface area (TPSA) is 49.4 Å². The molecule has 0 radical (unpaired) electrons. The molecule has 1 aliphatic rings. The maximum atomic E-state index is 13.7. The Kier molecular flexibility index (Phi) is 3.85. The molecule has 22 heavy (non-hydrogen) atoms. The van der Waals surface area contributed by atoms with E-state index in [4.69, 9.17) is 0 Å². The first-order valence-corrected chi connectivity index (χ1v) is 7.56. The van der Waals surface area contributed by atoms with Gasteiger partial charge in [0.25, 0.3) is 11.1 Å². The van der Waals surface area contributed by atoms with Gasteiger partial charge in [0, 0.05) is 0 Å². The number of imide groups is 1. The Hall–Kier alpha value is -2.34. The minimum atomic E-state index is -0.829. The average Bonchev–Trinajstić information content (AvgIpc) is 2.76. The number of carbonyl (C=O) groups is 2. The lowest BCUT2D eigenvalue weighted by molar-refractivity contribution is -0.116. The van der Waals surface area contributed by atoms with Crippen LogP contribution in [0.15, 0.2) is 48.5 Å². The van der Waals surface area contributed by atoms with E-state index < -0.39 is 17.1 Å². The second kappa shape index (κ2) is 5.81. The van der Waals surface area contributed by atoms with E-state index >= 15 is 0 Å². The van der Waals surface area contributed by atoms with E-state index in [1.54, 1.807) is 30.3 Å². The van der Waals surface area contributed by atoms with Crippen molar-refractivity contribution in [1.82, 2.24) is 0 Å². The van der Waals surface area contributed by atoms with Crippen molar-refractivity contribution in [2.45, 2.75) is 12.3 Å². The number of halogens is 1. The summed E-state index contributed by atoms with van der Waals surface area (Å²) >= 11 is 0.846. The summed E-state index contributed by atoms with van der Waals surface area (Å²) in [5, 5.41) is 1.58. The van der Waals surface area contributed by atoms with Crippen LogP contribution in [0.1, 0.15) is 5.56 Å². The summed E-state index contributed by atoms with van der Waals surface area (Å²) in [7, 11) is 0. The van der Waals surface area contributed by atoms with Crippen molar-refractivity contribution in [2.75, 3.05) is 10.2 Å². The lowest BCUT2D eigenvalue weighted by Gasteiger charge is -2.15. The Morgan fingerprint density at radius 2 is 1.91 bits per heavy atom. The van der Waals surface area contributed by atoms with Gasteiger partial charge >= 0.3 is 0 Å². The summed E-state index contributed by atoms with van der Waals surface area (Å²) in [6, 6.07) is 13.2. The molecule has 1 unspecified atom stereocenters. The number of anilines is 2. The number of hydrogen-bond acceptors (Lipinski definition) is 4. The van der Waals surface area contributed by atoms with Crippen LogP contribution < -0.4 is 10.2 Å². The first-order chi connectivity index (χ1) is 10.6. The third kappa shape index (κ3) is 2.69. The molecule has 4 nitrogen and oxygen atoms in total. The number of nitrogens with zero attached hydrogens (tertiary/aromatic N) is 1. The summed E-state index contributed by atoms with van der Waals surface area (Å²) in [4.78, 5) is 25.7. The van der Waals surface area contributed by atoms with E-state index in [9.17, 15) is 14.0 Å². The van der Waals surface area contributed by atoms with Crippen molar-refractivity contribution in [3.05, 3.63) is 59.9 Å². The molecular weight excluding hydrogens is 303 g/mol. The van der Waals surface area contributed by atoms with Gasteiger partial charge in [-0.15, -0.1) is 0 Å². The highest BCUT2D eigenvalue weighted by molar-refractivity contribution is 8.16. The molecule has 1 N–H and O–H groups in total. The molecule has 0 spiro atoms. The molecule has 1 atom stereocenters. The molecule has 6 heteroatoms. The predicted octanol–water partition coefficient (Wildman–Crippen LogP) is 3.77. The number of para-hydroxylation sites is 1. The van der Waals surface area contributed by atoms with E-state index in [2.05, 4.69) is 5.32 Å². The first-order valence-electron chi connectivity index (χ1n) is 6.68. The summed E-state index contributed by atoms with van der Waals surface area (Å²) in [5.41, 5.74) is 1.68. The third-order valence-corrected chi connectivity index (χ3v) is 4.21. The highest BCUT2D eigenvalue weighted by Gasteiger charge is 2.41. The normalized spacial score (nSPS) is 17.9. The summed E-state index contributed by atoms with van der Waals surface area (Å²) in [6.07, 6.45) is 0. The van der Waals surface area contributed by atoms with Gasteiger partial charge in [0.05, 0.1) is 11.4 Å². The molecule has 1 aliphatic heterocycles. The van der Waals surface area contributed by atoms with Crippen molar-refractivity contribution in [3.8, 4) is 0 Å². The van der Waals surface area contributed by atoms with Crippen LogP contribution in [0.3, 0.4) is 0 Å². The van der Waals surface area contributed by atoms with Crippen molar-refractivity contribution in [2.24, 2.45) is 0 Å². The smallest absolute Gasteiger partial charge is 0.295 e. The fourth-order valence-corrected chi connectivity index (χ4v) is 3.12.